The number of aromatic nitrogens is 2. The van der Waals surface area contributed by atoms with Gasteiger partial charge in [0.1, 0.15) is 10.8 Å². The van der Waals surface area contributed by atoms with E-state index in [1.807, 2.05) is 22.6 Å². The molecule has 1 fully saturated rings. The number of likely N-dealkylation sites (tertiary alicyclic amines) is 1. The second-order valence-electron chi connectivity index (χ2n) is 4.38. The third-order valence-corrected chi connectivity index (χ3v) is 3.63. The van der Waals surface area contributed by atoms with Crippen molar-refractivity contribution in [1.29, 1.82) is 0 Å². The van der Waals surface area contributed by atoms with E-state index >= 15 is 0 Å². The summed E-state index contributed by atoms with van der Waals surface area (Å²) in [5.74, 6) is 0. The zero-order valence-electron chi connectivity index (χ0n) is 9.23. The summed E-state index contributed by atoms with van der Waals surface area (Å²) in [5, 5.41) is 0.719. The van der Waals surface area contributed by atoms with Crippen LogP contribution >= 0.6 is 11.6 Å². The van der Waals surface area contributed by atoms with Crippen molar-refractivity contribution in [3.05, 3.63) is 35.2 Å². The van der Waals surface area contributed by atoms with E-state index in [9.17, 15) is 0 Å². The zero-order chi connectivity index (χ0) is 11.1. The minimum Gasteiger partial charge on any atom is -0.298 e. The smallest absolute Gasteiger partial charge is 0.138 e. The van der Waals surface area contributed by atoms with Gasteiger partial charge in [-0.15, -0.1) is 0 Å². The summed E-state index contributed by atoms with van der Waals surface area (Å²) in [5.41, 5.74) is 2.07. The number of hydrogen-bond acceptors (Lipinski definition) is 2. The van der Waals surface area contributed by atoms with E-state index < -0.39 is 0 Å². The van der Waals surface area contributed by atoms with E-state index in [0.717, 1.165) is 23.0 Å². The molecule has 3 rings (SSSR count). The lowest BCUT2D eigenvalue weighted by atomic mass is 10.2. The second kappa shape index (κ2) is 3.75. The summed E-state index contributed by atoms with van der Waals surface area (Å²) in [4.78, 5) is 7.00. The average Bonchev–Trinajstić information content (AvgIpc) is 2.84. The van der Waals surface area contributed by atoms with Gasteiger partial charge in [0, 0.05) is 6.20 Å². The standard InChI is InChI=1S/C12H14ClN3/c1-15-7-3-4-10(15)9-8-16-11(13)5-2-6-12(16)14-9/h2,5-6,8,10H,3-4,7H2,1H3. The molecular weight excluding hydrogens is 222 g/mol. The highest BCUT2D eigenvalue weighted by molar-refractivity contribution is 6.29. The average molecular weight is 236 g/mol. The number of fused-ring (bicyclic) bond motifs is 1. The zero-order valence-corrected chi connectivity index (χ0v) is 9.98. The molecule has 84 valence electrons. The molecule has 16 heavy (non-hydrogen) atoms. The summed E-state index contributed by atoms with van der Waals surface area (Å²) >= 11 is 6.12. The number of rotatable bonds is 1. The van der Waals surface area contributed by atoms with Gasteiger partial charge in [-0.1, -0.05) is 17.7 Å². The molecule has 1 unspecified atom stereocenters. The molecule has 4 heteroatoms. The molecule has 0 radical (unpaired) electrons. The largest absolute Gasteiger partial charge is 0.298 e. The van der Waals surface area contributed by atoms with Crippen molar-refractivity contribution in [2.75, 3.05) is 13.6 Å². The maximum Gasteiger partial charge on any atom is 0.138 e. The maximum atomic E-state index is 6.12. The Morgan fingerprint density at radius 2 is 2.31 bits per heavy atom. The van der Waals surface area contributed by atoms with Gasteiger partial charge in [0.25, 0.3) is 0 Å². The summed E-state index contributed by atoms with van der Waals surface area (Å²) in [6.45, 7) is 1.16. The molecule has 0 aliphatic carbocycles. The molecule has 0 saturated carbocycles. The van der Waals surface area contributed by atoms with Crippen molar-refractivity contribution in [2.24, 2.45) is 0 Å². The van der Waals surface area contributed by atoms with E-state index in [1.54, 1.807) is 0 Å². The number of pyridine rings is 1. The Balaban J connectivity index is 2.08. The van der Waals surface area contributed by atoms with E-state index in [0.29, 0.717) is 6.04 Å². The summed E-state index contributed by atoms with van der Waals surface area (Å²) in [6, 6.07) is 6.27. The molecule has 3 heterocycles. The van der Waals surface area contributed by atoms with Crippen LogP contribution in [0.4, 0.5) is 0 Å². The van der Waals surface area contributed by atoms with Crippen LogP contribution in [-0.2, 0) is 0 Å². The SMILES string of the molecule is CN1CCCC1c1cn2c(Cl)cccc2n1. The first-order chi connectivity index (χ1) is 7.75. The van der Waals surface area contributed by atoms with Crippen LogP contribution in [0.25, 0.3) is 5.65 Å². The van der Waals surface area contributed by atoms with Crippen LogP contribution in [-0.4, -0.2) is 27.9 Å². The van der Waals surface area contributed by atoms with Crippen molar-refractivity contribution in [1.82, 2.24) is 14.3 Å². The van der Waals surface area contributed by atoms with Crippen molar-refractivity contribution in [3.63, 3.8) is 0 Å². The highest BCUT2D eigenvalue weighted by atomic mass is 35.5. The van der Waals surface area contributed by atoms with Gasteiger partial charge < -0.3 is 0 Å². The first-order valence-corrected chi connectivity index (χ1v) is 5.97. The number of halogens is 1. The Morgan fingerprint density at radius 3 is 3.00 bits per heavy atom. The molecule has 1 saturated heterocycles. The van der Waals surface area contributed by atoms with Crippen LogP contribution in [0, 0.1) is 0 Å². The topological polar surface area (TPSA) is 20.5 Å². The quantitative estimate of drug-likeness (QED) is 0.709. The molecule has 0 N–H and O–H groups in total. The fraction of sp³-hybridized carbons (Fsp3) is 0.417. The maximum absolute atomic E-state index is 6.12. The van der Waals surface area contributed by atoms with Crippen molar-refractivity contribution in [3.8, 4) is 0 Å². The minimum atomic E-state index is 0.455. The van der Waals surface area contributed by atoms with E-state index in [2.05, 4.69) is 23.1 Å². The number of imidazole rings is 1. The van der Waals surface area contributed by atoms with Gasteiger partial charge >= 0.3 is 0 Å². The third-order valence-electron chi connectivity index (χ3n) is 3.32. The van der Waals surface area contributed by atoms with Gasteiger partial charge in [-0.25, -0.2) is 4.98 Å². The van der Waals surface area contributed by atoms with Crippen molar-refractivity contribution < 1.29 is 0 Å². The molecule has 0 spiro atoms. The molecule has 2 aromatic heterocycles. The first kappa shape index (κ1) is 10.1. The van der Waals surface area contributed by atoms with Gasteiger partial charge in [-0.3, -0.25) is 9.30 Å². The van der Waals surface area contributed by atoms with Gasteiger partial charge in [-0.2, -0.15) is 0 Å². The fourth-order valence-corrected chi connectivity index (χ4v) is 2.65. The normalized spacial score (nSPS) is 22.0. The Hall–Kier alpha value is -1.06. The van der Waals surface area contributed by atoms with Gasteiger partial charge in [0.15, 0.2) is 0 Å². The van der Waals surface area contributed by atoms with E-state index in [-0.39, 0.29) is 0 Å². The van der Waals surface area contributed by atoms with Crippen molar-refractivity contribution >= 4 is 17.2 Å². The highest BCUT2D eigenvalue weighted by Gasteiger charge is 2.24. The minimum absolute atomic E-state index is 0.455. The van der Waals surface area contributed by atoms with Crippen LogP contribution in [0.5, 0.6) is 0 Å². The number of hydrogen-bond donors (Lipinski definition) is 0. The van der Waals surface area contributed by atoms with Crippen molar-refractivity contribution in [2.45, 2.75) is 18.9 Å². The first-order valence-electron chi connectivity index (χ1n) is 5.59. The molecule has 0 amide bonds. The summed E-state index contributed by atoms with van der Waals surface area (Å²) in [6.07, 6.45) is 4.50. The lowest BCUT2D eigenvalue weighted by Crippen LogP contribution is -2.17. The van der Waals surface area contributed by atoms with Crippen LogP contribution in [0.15, 0.2) is 24.4 Å². The Bertz CT molecular complexity index is 520. The van der Waals surface area contributed by atoms with Gasteiger partial charge in [0.2, 0.25) is 0 Å². The molecular formula is C12H14ClN3. The molecule has 1 atom stereocenters. The number of nitrogens with zero attached hydrogens (tertiary/aromatic N) is 3. The highest BCUT2D eigenvalue weighted by Crippen LogP contribution is 2.30. The summed E-state index contributed by atoms with van der Waals surface area (Å²) < 4.78 is 1.95. The lowest BCUT2D eigenvalue weighted by molar-refractivity contribution is 0.313. The third kappa shape index (κ3) is 1.51. The van der Waals surface area contributed by atoms with E-state index in [1.165, 1.54) is 12.8 Å². The lowest BCUT2D eigenvalue weighted by Gasteiger charge is -2.16. The second-order valence-corrected chi connectivity index (χ2v) is 4.77. The molecule has 1 aliphatic rings. The summed E-state index contributed by atoms with van der Waals surface area (Å²) in [7, 11) is 2.16. The molecule has 2 aromatic rings. The molecule has 3 nitrogen and oxygen atoms in total. The van der Waals surface area contributed by atoms with Crippen LogP contribution in [0.2, 0.25) is 5.15 Å². The molecule has 0 bridgehead atoms. The van der Waals surface area contributed by atoms with Crippen LogP contribution in [0.3, 0.4) is 0 Å². The molecule has 0 aromatic carbocycles. The predicted octanol–water partition coefficient (Wildman–Crippen LogP) is 2.75. The fourth-order valence-electron chi connectivity index (χ4n) is 2.44. The Labute approximate surface area is 99.7 Å². The van der Waals surface area contributed by atoms with Gasteiger partial charge in [-0.05, 0) is 38.6 Å². The Morgan fingerprint density at radius 1 is 1.44 bits per heavy atom. The Kier molecular flexibility index (Phi) is 2.37. The van der Waals surface area contributed by atoms with E-state index in [4.69, 9.17) is 11.6 Å². The van der Waals surface area contributed by atoms with Gasteiger partial charge in [0.05, 0.1) is 11.7 Å². The molecule has 1 aliphatic heterocycles. The van der Waals surface area contributed by atoms with Crippen LogP contribution < -0.4 is 0 Å². The van der Waals surface area contributed by atoms with Crippen LogP contribution in [0.1, 0.15) is 24.6 Å². The monoisotopic (exact) mass is 235 g/mol. The predicted molar refractivity (Wildman–Crippen MR) is 64.8 cm³/mol.